The highest BCUT2D eigenvalue weighted by molar-refractivity contribution is 5.93. The second kappa shape index (κ2) is 11.3. The molecule has 0 aliphatic rings. The molecule has 0 aliphatic heterocycles. The van der Waals surface area contributed by atoms with E-state index in [-0.39, 0.29) is 17.9 Å². The van der Waals surface area contributed by atoms with Crippen LogP contribution in [-0.4, -0.2) is 38.6 Å². The lowest BCUT2D eigenvalue weighted by atomic mass is 10.2. The van der Waals surface area contributed by atoms with Crippen LogP contribution in [-0.2, 0) is 9.59 Å². The lowest BCUT2D eigenvalue weighted by molar-refractivity contribution is -0.118. The number of carbonyl (C=O) groups is 2. The molecule has 2 amide bonds. The van der Waals surface area contributed by atoms with Crippen LogP contribution in [0.25, 0.3) is 12.2 Å². The molecule has 2 aromatic carbocycles. The summed E-state index contributed by atoms with van der Waals surface area (Å²) in [5, 5.41) is 5.58. The summed E-state index contributed by atoms with van der Waals surface area (Å²) in [6, 6.07) is 14.6. The van der Waals surface area contributed by atoms with Gasteiger partial charge in [-0.3, -0.25) is 9.59 Å². The van der Waals surface area contributed by atoms with Crippen LogP contribution in [0.5, 0.6) is 11.5 Å². The number of methoxy groups -OCH3 is 2. The van der Waals surface area contributed by atoms with Gasteiger partial charge < -0.3 is 20.1 Å². The van der Waals surface area contributed by atoms with Gasteiger partial charge in [0.25, 0.3) is 0 Å². The fraction of sp³-hybridized carbons (Fsp3) is 0.217. The normalized spacial score (nSPS) is 12.0. The van der Waals surface area contributed by atoms with E-state index in [1.54, 1.807) is 26.4 Å². The average Bonchev–Trinajstić information content (AvgIpc) is 2.75. The summed E-state index contributed by atoms with van der Waals surface area (Å²) in [5.41, 5.74) is 1.79. The van der Waals surface area contributed by atoms with Crippen molar-refractivity contribution in [2.45, 2.75) is 13.0 Å². The molecule has 2 N–H and O–H groups in total. The third kappa shape index (κ3) is 7.92. The van der Waals surface area contributed by atoms with Crippen LogP contribution >= 0.6 is 0 Å². The minimum Gasteiger partial charge on any atom is -0.497 e. The van der Waals surface area contributed by atoms with E-state index in [0.717, 1.165) is 22.6 Å². The molecule has 0 aliphatic carbocycles. The molecule has 6 nitrogen and oxygen atoms in total. The zero-order chi connectivity index (χ0) is 21.1. The van der Waals surface area contributed by atoms with Crippen molar-refractivity contribution in [3.8, 4) is 11.5 Å². The molecule has 0 spiro atoms. The summed E-state index contributed by atoms with van der Waals surface area (Å²) in [5.74, 6) is 1.07. The van der Waals surface area contributed by atoms with Gasteiger partial charge in [-0.15, -0.1) is 0 Å². The van der Waals surface area contributed by atoms with E-state index in [1.807, 2.05) is 55.5 Å². The molecule has 29 heavy (non-hydrogen) atoms. The van der Waals surface area contributed by atoms with E-state index in [1.165, 1.54) is 12.2 Å². The number of ether oxygens (including phenoxy) is 2. The Hall–Kier alpha value is -3.54. The summed E-state index contributed by atoms with van der Waals surface area (Å²) >= 11 is 0. The molecule has 0 unspecified atom stereocenters. The Morgan fingerprint density at radius 2 is 1.28 bits per heavy atom. The zero-order valence-electron chi connectivity index (χ0n) is 16.8. The number of carbonyl (C=O) groups excluding carboxylic acids is 2. The van der Waals surface area contributed by atoms with Crippen LogP contribution < -0.4 is 20.1 Å². The minimum atomic E-state index is -0.226. The number of benzene rings is 2. The average molecular weight is 394 g/mol. The fourth-order valence-electron chi connectivity index (χ4n) is 2.43. The van der Waals surface area contributed by atoms with Crippen LogP contribution in [0, 0.1) is 0 Å². The monoisotopic (exact) mass is 394 g/mol. The van der Waals surface area contributed by atoms with Crippen molar-refractivity contribution in [2.24, 2.45) is 0 Å². The lowest BCUT2D eigenvalue weighted by Crippen LogP contribution is -2.40. The second-order valence-electron chi connectivity index (χ2n) is 6.37. The Balaban J connectivity index is 1.73. The summed E-state index contributed by atoms with van der Waals surface area (Å²) in [4.78, 5) is 23.9. The molecule has 0 bridgehead atoms. The molecular weight excluding hydrogens is 368 g/mol. The van der Waals surface area contributed by atoms with Gasteiger partial charge in [0.15, 0.2) is 0 Å². The van der Waals surface area contributed by atoms with Crippen LogP contribution in [0.4, 0.5) is 0 Å². The van der Waals surface area contributed by atoms with Crippen LogP contribution in [0.1, 0.15) is 18.1 Å². The van der Waals surface area contributed by atoms with Gasteiger partial charge in [0.05, 0.1) is 14.2 Å². The van der Waals surface area contributed by atoms with Gasteiger partial charge in [-0.1, -0.05) is 24.3 Å². The van der Waals surface area contributed by atoms with Gasteiger partial charge in [-0.05, 0) is 54.5 Å². The zero-order valence-corrected chi connectivity index (χ0v) is 16.8. The Morgan fingerprint density at radius 1 is 0.828 bits per heavy atom. The van der Waals surface area contributed by atoms with Gasteiger partial charge in [0.2, 0.25) is 11.8 Å². The van der Waals surface area contributed by atoms with Crippen molar-refractivity contribution in [2.75, 3.05) is 20.8 Å². The first-order chi connectivity index (χ1) is 14.0. The third-order valence-electron chi connectivity index (χ3n) is 4.06. The molecule has 6 heteroatoms. The Kier molecular flexibility index (Phi) is 8.51. The molecule has 0 fully saturated rings. The van der Waals surface area contributed by atoms with E-state index in [0.29, 0.717) is 6.54 Å². The van der Waals surface area contributed by atoms with Gasteiger partial charge >= 0.3 is 0 Å². The van der Waals surface area contributed by atoms with Crippen molar-refractivity contribution in [3.63, 3.8) is 0 Å². The SMILES string of the molecule is COc1ccc(/C=C/C(=O)NC[C@H](C)NC(=O)/C=C/c2ccc(OC)cc2)cc1. The third-order valence-corrected chi connectivity index (χ3v) is 4.06. The molecule has 1 atom stereocenters. The number of hydrogen-bond acceptors (Lipinski definition) is 4. The van der Waals surface area contributed by atoms with Crippen LogP contribution in [0.3, 0.4) is 0 Å². The van der Waals surface area contributed by atoms with Crippen LogP contribution in [0.15, 0.2) is 60.7 Å². The largest absolute Gasteiger partial charge is 0.497 e. The molecular formula is C23H26N2O4. The Labute approximate surface area is 171 Å². The van der Waals surface area contributed by atoms with Gasteiger partial charge in [-0.2, -0.15) is 0 Å². The number of rotatable bonds is 9. The molecule has 152 valence electrons. The summed E-state index contributed by atoms with van der Waals surface area (Å²) in [6.07, 6.45) is 6.36. The smallest absolute Gasteiger partial charge is 0.244 e. The molecule has 2 rings (SSSR count). The molecule has 0 saturated heterocycles. The predicted molar refractivity (Wildman–Crippen MR) is 115 cm³/mol. The van der Waals surface area contributed by atoms with E-state index in [9.17, 15) is 9.59 Å². The first-order valence-electron chi connectivity index (χ1n) is 9.22. The van der Waals surface area contributed by atoms with Crippen molar-refractivity contribution in [3.05, 3.63) is 71.8 Å². The topological polar surface area (TPSA) is 76.7 Å². The fourth-order valence-corrected chi connectivity index (χ4v) is 2.43. The number of amides is 2. The van der Waals surface area contributed by atoms with Gasteiger partial charge in [-0.25, -0.2) is 0 Å². The second-order valence-corrected chi connectivity index (χ2v) is 6.37. The quantitative estimate of drug-likeness (QED) is 0.641. The molecule has 0 heterocycles. The van der Waals surface area contributed by atoms with Crippen molar-refractivity contribution < 1.29 is 19.1 Å². The van der Waals surface area contributed by atoms with Crippen molar-refractivity contribution in [1.82, 2.24) is 10.6 Å². The molecule has 0 radical (unpaired) electrons. The van der Waals surface area contributed by atoms with Gasteiger partial charge in [0.1, 0.15) is 11.5 Å². The minimum absolute atomic E-state index is 0.207. The molecule has 2 aromatic rings. The van der Waals surface area contributed by atoms with Crippen molar-refractivity contribution >= 4 is 24.0 Å². The summed E-state index contributed by atoms with van der Waals surface area (Å²) < 4.78 is 10.2. The maximum Gasteiger partial charge on any atom is 0.244 e. The first-order valence-corrected chi connectivity index (χ1v) is 9.22. The lowest BCUT2D eigenvalue weighted by Gasteiger charge is -2.12. The maximum absolute atomic E-state index is 12.0. The summed E-state index contributed by atoms with van der Waals surface area (Å²) in [6.45, 7) is 2.15. The number of nitrogens with one attached hydrogen (secondary N) is 2. The Bertz CT molecular complexity index is 855. The number of hydrogen-bond donors (Lipinski definition) is 2. The van der Waals surface area contributed by atoms with Gasteiger partial charge in [0, 0.05) is 24.7 Å². The molecule has 0 saturated carbocycles. The first kappa shape index (κ1) is 21.8. The van der Waals surface area contributed by atoms with E-state index in [4.69, 9.17) is 9.47 Å². The highest BCUT2D eigenvalue weighted by Crippen LogP contribution is 2.13. The maximum atomic E-state index is 12.0. The van der Waals surface area contributed by atoms with Crippen molar-refractivity contribution in [1.29, 1.82) is 0 Å². The molecule has 0 aromatic heterocycles. The van der Waals surface area contributed by atoms with E-state index in [2.05, 4.69) is 10.6 Å². The summed E-state index contributed by atoms with van der Waals surface area (Å²) in [7, 11) is 3.21. The van der Waals surface area contributed by atoms with E-state index >= 15 is 0 Å². The highest BCUT2D eigenvalue weighted by Gasteiger charge is 2.06. The highest BCUT2D eigenvalue weighted by atomic mass is 16.5. The predicted octanol–water partition coefficient (Wildman–Crippen LogP) is 3.05. The van der Waals surface area contributed by atoms with E-state index < -0.39 is 0 Å². The Morgan fingerprint density at radius 3 is 1.72 bits per heavy atom. The standard InChI is InChI=1S/C23H26N2O4/c1-17(25-23(27)15-9-19-6-12-21(29-3)13-7-19)16-24-22(26)14-8-18-4-10-20(28-2)11-5-18/h4-15,17H,16H2,1-3H3,(H,24,26)(H,25,27)/b14-8+,15-9+/t17-/m0/s1. The van der Waals surface area contributed by atoms with Crippen LogP contribution in [0.2, 0.25) is 0 Å².